The Kier molecular flexibility index (Phi) is 4.71. The highest BCUT2D eigenvalue weighted by Gasteiger charge is 2.38. The average Bonchev–Trinajstić information content (AvgIpc) is 2.80. The first-order valence-electron chi connectivity index (χ1n) is 7.96. The van der Waals surface area contributed by atoms with Crippen LogP contribution in [0.1, 0.15) is 33.1 Å². The molecule has 1 heterocycles. The molecular weight excluding hydrogens is 296 g/mol. The molecule has 0 N–H and O–H groups in total. The van der Waals surface area contributed by atoms with Crippen molar-refractivity contribution >= 4 is 28.5 Å². The number of rotatable bonds is 4. The molecule has 1 saturated carbocycles. The summed E-state index contributed by atoms with van der Waals surface area (Å²) in [6.07, 6.45) is 3.24. The largest absolute Gasteiger partial charge is 0.494 e. The van der Waals surface area contributed by atoms with Crippen molar-refractivity contribution in [1.82, 2.24) is 4.90 Å². The van der Waals surface area contributed by atoms with Crippen molar-refractivity contribution in [2.75, 3.05) is 12.4 Å². The Balaban J connectivity index is 1.77. The van der Waals surface area contributed by atoms with Crippen LogP contribution in [0.5, 0.6) is 5.75 Å². The van der Waals surface area contributed by atoms with E-state index in [2.05, 4.69) is 11.9 Å². The van der Waals surface area contributed by atoms with E-state index in [0.29, 0.717) is 6.61 Å². The van der Waals surface area contributed by atoms with Crippen LogP contribution in [0, 0.1) is 5.92 Å². The van der Waals surface area contributed by atoms with Gasteiger partial charge in [0.1, 0.15) is 5.75 Å². The first-order chi connectivity index (χ1) is 10.7. The van der Waals surface area contributed by atoms with Crippen molar-refractivity contribution in [3.8, 4) is 5.75 Å². The van der Waals surface area contributed by atoms with Crippen LogP contribution < -0.4 is 4.74 Å². The maximum atomic E-state index is 12.6. The Bertz CT molecular complexity index is 567. The average molecular weight is 318 g/mol. The van der Waals surface area contributed by atoms with Gasteiger partial charge in [0.15, 0.2) is 5.17 Å². The number of amides is 1. The van der Waals surface area contributed by atoms with Crippen LogP contribution in [0.3, 0.4) is 0 Å². The highest BCUT2D eigenvalue weighted by atomic mass is 32.2. The highest BCUT2D eigenvalue weighted by Crippen LogP contribution is 2.34. The molecular formula is C17H22N2O2S. The summed E-state index contributed by atoms with van der Waals surface area (Å²) >= 11 is 1.67. The summed E-state index contributed by atoms with van der Waals surface area (Å²) in [5, 5.41) is 0.841. The zero-order valence-electron chi connectivity index (χ0n) is 13.1. The van der Waals surface area contributed by atoms with Gasteiger partial charge in [0.05, 0.1) is 12.3 Å². The Morgan fingerprint density at radius 3 is 2.68 bits per heavy atom. The molecule has 2 fully saturated rings. The molecule has 1 aliphatic heterocycles. The number of aliphatic imine (C=N–C) groups is 1. The third-order valence-corrected chi connectivity index (χ3v) is 5.36. The van der Waals surface area contributed by atoms with Crippen molar-refractivity contribution < 1.29 is 9.53 Å². The second-order valence-electron chi connectivity index (χ2n) is 5.82. The standard InChI is InChI=1S/C17H22N2O2S/c1-3-21-15-9-7-14(8-10-15)18-17-19(12(2)11-22-17)16(20)13-5-4-6-13/h7-10,12-13H,3-6,11H2,1-2H3/t12-/m1/s1. The van der Waals surface area contributed by atoms with E-state index in [1.807, 2.05) is 36.1 Å². The van der Waals surface area contributed by atoms with Crippen LogP contribution >= 0.6 is 11.8 Å². The number of hydrogen-bond donors (Lipinski definition) is 0. The smallest absolute Gasteiger partial charge is 0.231 e. The highest BCUT2D eigenvalue weighted by molar-refractivity contribution is 8.14. The summed E-state index contributed by atoms with van der Waals surface area (Å²) < 4.78 is 5.44. The Labute approximate surface area is 135 Å². The fraction of sp³-hybridized carbons (Fsp3) is 0.529. The normalized spacial score (nSPS) is 23.6. The SMILES string of the molecule is CCOc1ccc(N=C2SC[C@@H](C)N2C(=O)C2CCC2)cc1. The van der Waals surface area contributed by atoms with Crippen LogP contribution in [0.2, 0.25) is 0 Å². The summed E-state index contributed by atoms with van der Waals surface area (Å²) in [4.78, 5) is 19.2. The molecule has 22 heavy (non-hydrogen) atoms. The molecule has 0 spiro atoms. The molecule has 1 atom stereocenters. The lowest BCUT2D eigenvalue weighted by atomic mass is 9.84. The topological polar surface area (TPSA) is 41.9 Å². The predicted molar refractivity (Wildman–Crippen MR) is 90.8 cm³/mol. The molecule has 0 unspecified atom stereocenters. The Morgan fingerprint density at radius 1 is 1.36 bits per heavy atom. The number of benzene rings is 1. The first kappa shape index (κ1) is 15.4. The molecule has 1 aromatic carbocycles. The fourth-order valence-electron chi connectivity index (χ4n) is 2.67. The molecule has 1 saturated heterocycles. The molecule has 0 bridgehead atoms. The van der Waals surface area contributed by atoms with Gasteiger partial charge in [-0.2, -0.15) is 0 Å². The first-order valence-corrected chi connectivity index (χ1v) is 8.95. The van der Waals surface area contributed by atoms with Gasteiger partial charge in [0.25, 0.3) is 0 Å². The van der Waals surface area contributed by atoms with Crippen LogP contribution in [0.4, 0.5) is 5.69 Å². The lowest BCUT2D eigenvalue weighted by molar-refractivity contribution is -0.134. The van der Waals surface area contributed by atoms with E-state index in [9.17, 15) is 4.79 Å². The number of carbonyl (C=O) groups is 1. The van der Waals surface area contributed by atoms with E-state index >= 15 is 0 Å². The maximum Gasteiger partial charge on any atom is 0.231 e. The minimum absolute atomic E-state index is 0.215. The summed E-state index contributed by atoms with van der Waals surface area (Å²) in [6.45, 7) is 4.73. The lowest BCUT2D eigenvalue weighted by Crippen LogP contribution is -2.43. The van der Waals surface area contributed by atoms with Crippen molar-refractivity contribution in [3.63, 3.8) is 0 Å². The number of hydrogen-bond acceptors (Lipinski definition) is 4. The van der Waals surface area contributed by atoms with E-state index in [-0.39, 0.29) is 17.9 Å². The van der Waals surface area contributed by atoms with Gasteiger partial charge in [-0.3, -0.25) is 9.69 Å². The van der Waals surface area contributed by atoms with E-state index in [0.717, 1.165) is 35.2 Å². The molecule has 0 aromatic heterocycles. The number of ether oxygens (including phenoxy) is 1. The zero-order chi connectivity index (χ0) is 15.5. The molecule has 2 aliphatic rings. The van der Waals surface area contributed by atoms with Crippen LogP contribution in [-0.2, 0) is 4.79 Å². The van der Waals surface area contributed by atoms with Gasteiger partial charge >= 0.3 is 0 Å². The predicted octanol–water partition coefficient (Wildman–Crippen LogP) is 3.84. The Morgan fingerprint density at radius 2 is 2.09 bits per heavy atom. The zero-order valence-corrected chi connectivity index (χ0v) is 13.9. The molecule has 0 radical (unpaired) electrons. The minimum atomic E-state index is 0.215. The molecule has 1 aliphatic carbocycles. The summed E-state index contributed by atoms with van der Waals surface area (Å²) in [5.41, 5.74) is 0.867. The number of amidine groups is 1. The van der Waals surface area contributed by atoms with Gasteiger partial charge in [-0.15, -0.1) is 0 Å². The van der Waals surface area contributed by atoms with Gasteiger partial charge in [0.2, 0.25) is 5.91 Å². The third kappa shape index (κ3) is 3.14. The van der Waals surface area contributed by atoms with Crippen LogP contribution in [0.15, 0.2) is 29.3 Å². The summed E-state index contributed by atoms with van der Waals surface area (Å²) in [5.74, 6) is 2.25. The van der Waals surface area contributed by atoms with Crippen LogP contribution in [-0.4, -0.2) is 34.4 Å². The van der Waals surface area contributed by atoms with Gasteiger partial charge in [-0.25, -0.2) is 4.99 Å². The maximum absolute atomic E-state index is 12.6. The Hall–Kier alpha value is -1.49. The number of thioether (sulfide) groups is 1. The van der Waals surface area contributed by atoms with Gasteiger partial charge in [-0.1, -0.05) is 18.2 Å². The molecule has 118 valence electrons. The quantitative estimate of drug-likeness (QED) is 0.847. The minimum Gasteiger partial charge on any atom is -0.494 e. The third-order valence-electron chi connectivity index (χ3n) is 4.16. The summed E-state index contributed by atoms with van der Waals surface area (Å²) in [6, 6.07) is 7.95. The molecule has 1 aromatic rings. The summed E-state index contributed by atoms with van der Waals surface area (Å²) in [7, 11) is 0. The van der Waals surface area contributed by atoms with Gasteiger partial charge in [0, 0.05) is 17.7 Å². The van der Waals surface area contributed by atoms with Gasteiger partial charge < -0.3 is 4.74 Å². The van der Waals surface area contributed by atoms with Gasteiger partial charge in [-0.05, 0) is 51.0 Å². The number of carbonyl (C=O) groups excluding carboxylic acids is 1. The fourth-order valence-corrected chi connectivity index (χ4v) is 3.79. The van der Waals surface area contributed by atoms with Crippen molar-refractivity contribution in [2.45, 2.75) is 39.2 Å². The van der Waals surface area contributed by atoms with Crippen molar-refractivity contribution in [1.29, 1.82) is 0 Å². The van der Waals surface area contributed by atoms with E-state index in [1.165, 1.54) is 6.42 Å². The molecule has 3 rings (SSSR count). The molecule has 1 amide bonds. The van der Waals surface area contributed by atoms with E-state index in [4.69, 9.17) is 4.74 Å². The van der Waals surface area contributed by atoms with E-state index < -0.39 is 0 Å². The molecule has 5 heteroatoms. The lowest BCUT2D eigenvalue weighted by Gasteiger charge is -2.31. The second kappa shape index (κ2) is 6.73. The van der Waals surface area contributed by atoms with Crippen molar-refractivity contribution in [3.05, 3.63) is 24.3 Å². The second-order valence-corrected chi connectivity index (χ2v) is 6.80. The number of nitrogens with zero attached hydrogens (tertiary/aromatic N) is 2. The van der Waals surface area contributed by atoms with Crippen LogP contribution in [0.25, 0.3) is 0 Å². The van der Waals surface area contributed by atoms with Crippen molar-refractivity contribution in [2.24, 2.45) is 10.9 Å². The molecule has 4 nitrogen and oxygen atoms in total. The van der Waals surface area contributed by atoms with E-state index in [1.54, 1.807) is 11.8 Å². The monoisotopic (exact) mass is 318 g/mol.